The number of nitrogens with one attached hydrogen (secondary N) is 1. The number of methoxy groups -OCH3 is 1. The number of hydrogen-bond acceptors (Lipinski definition) is 3. The maximum Gasteiger partial charge on any atom is 0.283 e. The largest absolute Gasteiger partial charge is 0.382 e. The summed E-state index contributed by atoms with van der Waals surface area (Å²) in [5.41, 5.74) is 0. The highest BCUT2D eigenvalue weighted by molar-refractivity contribution is 4.68. The van der Waals surface area contributed by atoms with Crippen molar-refractivity contribution in [2.45, 2.75) is 19.3 Å². The highest BCUT2D eigenvalue weighted by Crippen LogP contribution is 2.11. The number of ether oxygens (including phenoxy) is 2. The minimum Gasteiger partial charge on any atom is -0.382 e. The lowest BCUT2D eigenvalue weighted by molar-refractivity contribution is -0.0809. The van der Waals surface area contributed by atoms with E-state index in [1.54, 1.807) is 0 Å². The van der Waals surface area contributed by atoms with Gasteiger partial charge in [-0.3, -0.25) is 0 Å². The molecule has 0 radical (unpaired) electrons. The number of alkyl halides is 2. The molecule has 0 saturated heterocycles. The van der Waals surface area contributed by atoms with Gasteiger partial charge in [0.1, 0.15) is 6.61 Å². The lowest BCUT2D eigenvalue weighted by Gasteiger charge is -2.16. The zero-order valence-corrected chi connectivity index (χ0v) is 8.82. The smallest absolute Gasteiger partial charge is 0.283 e. The van der Waals surface area contributed by atoms with Crippen molar-refractivity contribution in [1.82, 2.24) is 5.32 Å². The van der Waals surface area contributed by atoms with Gasteiger partial charge in [0, 0.05) is 7.11 Å². The first-order chi connectivity index (χ1) is 6.62. The molecule has 0 aliphatic heterocycles. The van der Waals surface area contributed by atoms with Gasteiger partial charge in [-0.2, -0.15) is 0 Å². The van der Waals surface area contributed by atoms with Crippen LogP contribution in [-0.4, -0.2) is 45.9 Å². The van der Waals surface area contributed by atoms with Gasteiger partial charge < -0.3 is 14.8 Å². The van der Waals surface area contributed by atoms with Gasteiger partial charge >= 0.3 is 0 Å². The Bertz CT molecular complexity index is 134. The van der Waals surface area contributed by atoms with E-state index >= 15 is 0 Å². The minimum atomic E-state index is -2.79. The van der Waals surface area contributed by atoms with Crippen LogP contribution < -0.4 is 5.32 Å². The molecule has 0 aromatic heterocycles. The van der Waals surface area contributed by atoms with Crippen molar-refractivity contribution in [3.8, 4) is 0 Å². The zero-order valence-electron chi connectivity index (χ0n) is 8.82. The number of halogens is 2. The fraction of sp³-hybridized carbons (Fsp3) is 1.00. The number of rotatable bonds is 9. The molecule has 0 unspecified atom stereocenters. The summed E-state index contributed by atoms with van der Waals surface area (Å²) in [4.78, 5) is 0. The van der Waals surface area contributed by atoms with E-state index in [1.165, 1.54) is 7.11 Å². The molecule has 0 fully saturated rings. The Morgan fingerprint density at radius 1 is 1.29 bits per heavy atom. The SMILES string of the molecule is CCCNCC(F)(F)COCCOC. The van der Waals surface area contributed by atoms with E-state index in [2.05, 4.69) is 10.1 Å². The van der Waals surface area contributed by atoms with Gasteiger partial charge in [0.2, 0.25) is 0 Å². The van der Waals surface area contributed by atoms with Gasteiger partial charge in [0.15, 0.2) is 0 Å². The molecule has 0 aliphatic rings. The van der Waals surface area contributed by atoms with Gasteiger partial charge in [0.25, 0.3) is 5.92 Å². The third kappa shape index (κ3) is 8.34. The molecule has 0 aromatic carbocycles. The molecular weight excluding hydrogens is 192 g/mol. The van der Waals surface area contributed by atoms with Crippen LogP contribution in [0.4, 0.5) is 8.78 Å². The first kappa shape index (κ1) is 13.7. The van der Waals surface area contributed by atoms with Crippen molar-refractivity contribution in [2.24, 2.45) is 0 Å². The van der Waals surface area contributed by atoms with Crippen molar-refractivity contribution in [1.29, 1.82) is 0 Å². The molecule has 0 aliphatic carbocycles. The predicted octanol–water partition coefficient (Wildman–Crippen LogP) is 1.28. The van der Waals surface area contributed by atoms with Gasteiger partial charge in [-0.15, -0.1) is 0 Å². The molecule has 0 saturated carbocycles. The van der Waals surface area contributed by atoms with Gasteiger partial charge in [-0.05, 0) is 13.0 Å². The van der Waals surface area contributed by atoms with Crippen LogP contribution in [0.3, 0.4) is 0 Å². The molecule has 1 N–H and O–H groups in total. The van der Waals surface area contributed by atoms with Gasteiger partial charge in [-0.25, -0.2) is 8.78 Å². The summed E-state index contributed by atoms with van der Waals surface area (Å²) in [5, 5.41) is 2.65. The highest BCUT2D eigenvalue weighted by Gasteiger charge is 2.28. The maximum absolute atomic E-state index is 12.9. The Kier molecular flexibility index (Phi) is 7.93. The second kappa shape index (κ2) is 8.08. The maximum atomic E-state index is 12.9. The quantitative estimate of drug-likeness (QED) is 0.583. The summed E-state index contributed by atoms with van der Waals surface area (Å²) < 4.78 is 35.3. The topological polar surface area (TPSA) is 30.5 Å². The van der Waals surface area contributed by atoms with Crippen LogP contribution in [0.5, 0.6) is 0 Å². The summed E-state index contributed by atoms with van der Waals surface area (Å²) in [5.74, 6) is -2.79. The van der Waals surface area contributed by atoms with Gasteiger partial charge in [-0.1, -0.05) is 6.92 Å². The van der Waals surface area contributed by atoms with Crippen LogP contribution in [-0.2, 0) is 9.47 Å². The predicted molar refractivity (Wildman–Crippen MR) is 50.8 cm³/mol. The molecule has 0 bridgehead atoms. The average Bonchev–Trinajstić information content (AvgIpc) is 2.13. The molecule has 0 atom stereocenters. The van der Waals surface area contributed by atoms with Crippen molar-refractivity contribution < 1.29 is 18.3 Å². The molecular formula is C9H19F2NO2. The Morgan fingerprint density at radius 2 is 2.00 bits per heavy atom. The summed E-state index contributed by atoms with van der Waals surface area (Å²) >= 11 is 0. The Labute approximate surface area is 83.8 Å². The zero-order chi connectivity index (χ0) is 10.9. The average molecular weight is 211 g/mol. The van der Waals surface area contributed by atoms with E-state index in [4.69, 9.17) is 4.74 Å². The molecule has 0 aromatic rings. The normalized spacial score (nSPS) is 12.0. The van der Waals surface area contributed by atoms with E-state index < -0.39 is 12.5 Å². The number of hydrogen-bond donors (Lipinski definition) is 1. The Morgan fingerprint density at radius 3 is 2.57 bits per heavy atom. The van der Waals surface area contributed by atoms with Crippen LogP contribution in [0.2, 0.25) is 0 Å². The fourth-order valence-electron chi connectivity index (χ4n) is 0.863. The van der Waals surface area contributed by atoms with E-state index in [0.717, 1.165) is 6.42 Å². The third-order valence-electron chi connectivity index (χ3n) is 1.56. The fourth-order valence-corrected chi connectivity index (χ4v) is 0.863. The Balaban J connectivity index is 3.40. The second-order valence-electron chi connectivity index (χ2n) is 3.08. The van der Waals surface area contributed by atoms with Crippen molar-refractivity contribution >= 4 is 0 Å². The lowest BCUT2D eigenvalue weighted by Crippen LogP contribution is -2.37. The van der Waals surface area contributed by atoms with E-state index in [1.807, 2.05) is 6.92 Å². The molecule has 0 amide bonds. The highest BCUT2D eigenvalue weighted by atomic mass is 19.3. The monoisotopic (exact) mass is 211 g/mol. The Hall–Kier alpha value is -0.260. The molecule has 0 spiro atoms. The summed E-state index contributed by atoms with van der Waals surface area (Å²) in [6.45, 7) is 2.22. The van der Waals surface area contributed by atoms with E-state index in [0.29, 0.717) is 13.2 Å². The minimum absolute atomic E-state index is 0.208. The standard InChI is InChI=1S/C9H19F2NO2/c1-3-4-12-7-9(10,11)8-14-6-5-13-2/h12H,3-8H2,1-2H3. The van der Waals surface area contributed by atoms with E-state index in [-0.39, 0.29) is 13.2 Å². The van der Waals surface area contributed by atoms with Crippen molar-refractivity contribution in [3.05, 3.63) is 0 Å². The third-order valence-corrected chi connectivity index (χ3v) is 1.56. The van der Waals surface area contributed by atoms with Crippen LogP contribution in [0, 0.1) is 0 Å². The second-order valence-corrected chi connectivity index (χ2v) is 3.08. The molecule has 0 rings (SSSR count). The van der Waals surface area contributed by atoms with Gasteiger partial charge in [0.05, 0.1) is 19.8 Å². The molecule has 3 nitrogen and oxygen atoms in total. The van der Waals surface area contributed by atoms with Crippen molar-refractivity contribution in [2.75, 3.05) is 40.0 Å². The first-order valence-electron chi connectivity index (χ1n) is 4.77. The van der Waals surface area contributed by atoms with E-state index in [9.17, 15) is 8.78 Å². The first-order valence-corrected chi connectivity index (χ1v) is 4.77. The molecule has 14 heavy (non-hydrogen) atoms. The molecule has 0 heterocycles. The van der Waals surface area contributed by atoms with Crippen LogP contribution in [0.25, 0.3) is 0 Å². The van der Waals surface area contributed by atoms with Crippen LogP contribution in [0.1, 0.15) is 13.3 Å². The van der Waals surface area contributed by atoms with Crippen molar-refractivity contribution in [3.63, 3.8) is 0 Å². The lowest BCUT2D eigenvalue weighted by atomic mass is 10.3. The molecule has 86 valence electrons. The van der Waals surface area contributed by atoms with Crippen LogP contribution in [0.15, 0.2) is 0 Å². The summed E-state index contributed by atoms with van der Waals surface area (Å²) in [7, 11) is 1.50. The summed E-state index contributed by atoms with van der Waals surface area (Å²) in [6.07, 6.45) is 0.848. The summed E-state index contributed by atoms with van der Waals surface area (Å²) in [6, 6.07) is 0. The molecule has 5 heteroatoms. The van der Waals surface area contributed by atoms with Crippen LogP contribution >= 0.6 is 0 Å².